The molecule has 102 valence electrons. The van der Waals surface area contributed by atoms with Crippen LogP contribution in [0.15, 0.2) is 0 Å². The molecule has 0 spiro atoms. The van der Waals surface area contributed by atoms with Gasteiger partial charge in [-0.15, -0.1) is 0 Å². The number of ether oxygens (including phenoxy) is 1. The highest BCUT2D eigenvalue weighted by Gasteiger charge is 2.17. The number of nitrogens with zero attached hydrogens (tertiary/aromatic N) is 2. The fourth-order valence-corrected chi connectivity index (χ4v) is 2.29. The smallest absolute Gasteiger partial charge is 0.0462 e. The lowest BCUT2D eigenvalue weighted by Crippen LogP contribution is -2.48. The van der Waals surface area contributed by atoms with E-state index in [9.17, 15) is 0 Å². The van der Waals surface area contributed by atoms with Crippen LogP contribution in [-0.2, 0) is 4.74 Å². The molecule has 0 aromatic heterocycles. The highest BCUT2D eigenvalue weighted by molar-refractivity contribution is 4.73. The molecule has 4 heteroatoms. The first-order valence-corrected chi connectivity index (χ1v) is 6.90. The van der Waals surface area contributed by atoms with Crippen LogP contribution >= 0.6 is 0 Å². The maximum absolute atomic E-state index is 5.66. The Morgan fingerprint density at radius 1 is 1.12 bits per heavy atom. The number of hydrogen-bond donors (Lipinski definition) is 1. The van der Waals surface area contributed by atoms with E-state index in [1.54, 1.807) is 7.11 Å². The number of rotatable bonds is 8. The van der Waals surface area contributed by atoms with Crippen LogP contribution < -0.4 is 5.73 Å². The molecular formula is C13H29N3O. The predicted molar refractivity (Wildman–Crippen MR) is 72.2 cm³/mol. The van der Waals surface area contributed by atoms with Crippen molar-refractivity contribution in [1.82, 2.24) is 9.80 Å². The summed E-state index contributed by atoms with van der Waals surface area (Å²) in [7, 11) is 1.78. The molecule has 1 heterocycles. The van der Waals surface area contributed by atoms with Gasteiger partial charge in [0.2, 0.25) is 0 Å². The lowest BCUT2D eigenvalue weighted by Gasteiger charge is -2.35. The van der Waals surface area contributed by atoms with E-state index in [1.165, 1.54) is 45.6 Å². The van der Waals surface area contributed by atoms with Crippen molar-refractivity contribution in [3.8, 4) is 0 Å². The minimum Gasteiger partial charge on any atom is -0.385 e. The van der Waals surface area contributed by atoms with Crippen molar-refractivity contribution in [2.75, 3.05) is 59.5 Å². The van der Waals surface area contributed by atoms with E-state index in [4.69, 9.17) is 10.5 Å². The molecule has 1 rings (SSSR count). The van der Waals surface area contributed by atoms with Gasteiger partial charge in [0.25, 0.3) is 0 Å². The van der Waals surface area contributed by atoms with Crippen molar-refractivity contribution in [1.29, 1.82) is 0 Å². The second-order valence-corrected chi connectivity index (χ2v) is 5.18. The molecule has 4 nitrogen and oxygen atoms in total. The lowest BCUT2D eigenvalue weighted by molar-refractivity contribution is 0.116. The van der Waals surface area contributed by atoms with Crippen molar-refractivity contribution in [2.24, 2.45) is 11.7 Å². The summed E-state index contributed by atoms with van der Waals surface area (Å²) in [4.78, 5) is 5.11. The van der Waals surface area contributed by atoms with Gasteiger partial charge in [0.05, 0.1) is 0 Å². The quantitative estimate of drug-likeness (QED) is 0.635. The van der Waals surface area contributed by atoms with Crippen LogP contribution in [0.1, 0.15) is 19.8 Å². The van der Waals surface area contributed by atoms with Crippen LogP contribution in [0.5, 0.6) is 0 Å². The van der Waals surface area contributed by atoms with Gasteiger partial charge in [-0.1, -0.05) is 6.92 Å². The Bertz CT molecular complexity index is 182. The summed E-state index contributed by atoms with van der Waals surface area (Å²) >= 11 is 0. The number of unbranched alkanes of at least 4 members (excludes halogenated alkanes) is 1. The van der Waals surface area contributed by atoms with Crippen LogP contribution in [-0.4, -0.2) is 69.3 Å². The van der Waals surface area contributed by atoms with E-state index < -0.39 is 0 Å². The highest BCUT2D eigenvalue weighted by atomic mass is 16.5. The summed E-state index contributed by atoms with van der Waals surface area (Å²) in [6.45, 7) is 11.2. The predicted octanol–water partition coefficient (Wildman–Crippen LogP) is 0.625. The number of hydrogen-bond acceptors (Lipinski definition) is 4. The summed E-state index contributed by atoms with van der Waals surface area (Å²) in [5.74, 6) is 0.628. The van der Waals surface area contributed by atoms with E-state index in [0.29, 0.717) is 5.92 Å². The van der Waals surface area contributed by atoms with Crippen LogP contribution in [0, 0.1) is 5.92 Å². The molecule has 2 N–H and O–H groups in total. The average molecular weight is 243 g/mol. The molecule has 1 aliphatic heterocycles. The van der Waals surface area contributed by atoms with E-state index in [0.717, 1.165) is 19.7 Å². The van der Waals surface area contributed by atoms with Crippen molar-refractivity contribution < 1.29 is 4.74 Å². The molecule has 0 aliphatic carbocycles. The third-order valence-corrected chi connectivity index (χ3v) is 3.51. The van der Waals surface area contributed by atoms with Gasteiger partial charge < -0.3 is 20.3 Å². The van der Waals surface area contributed by atoms with Crippen LogP contribution in [0.3, 0.4) is 0 Å². The molecule has 1 saturated heterocycles. The molecule has 0 bridgehead atoms. The molecule has 1 atom stereocenters. The first-order chi connectivity index (χ1) is 8.26. The normalized spacial score (nSPS) is 20.6. The topological polar surface area (TPSA) is 41.7 Å². The van der Waals surface area contributed by atoms with Gasteiger partial charge in [-0.2, -0.15) is 0 Å². The summed E-state index contributed by atoms with van der Waals surface area (Å²) < 4.78 is 5.07. The SMILES string of the molecule is COCCCCN1CCN(CC(C)CN)CC1. The van der Waals surface area contributed by atoms with Crippen molar-refractivity contribution in [2.45, 2.75) is 19.8 Å². The largest absolute Gasteiger partial charge is 0.385 e. The fourth-order valence-electron chi connectivity index (χ4n) is 2.29. The Hall–Kier alpha value is -0.160. The molecule has 1 unspecified atom stereocenters. The van der Waals surface area contributed by atoms with Gasteiger partial charge in [-0.25, -0.2) is 0 Å². The average Bonchev–Trinajstić information content (AvgIpc) is 2.36. The first kappa shape index (κ1) is 14.9. The molecule has 1 fully saturated rings. The van der Waals surface area contributed by atoms with Gasteiger partial charge >= 0.3 is 0 Å². The Balaban J connectivity index is 2.05. The molecule has 0 amide bonds. The van der Waals surface area contributed by atoms with E-state index >= 15 is 0 Å². The molecule has 1 aliphatic rings. The van der Waals surface area contributed by atoms with Crippen LogP contribution in [0.25, 0.3) is 0 Å². The second-order valence-electron chi connectivity index (χ2n) is 5.18. The number of nitrogens with two attached hydrogens (primary N) is 1. The maximum Gasteiger partial charge on any atom is 0.0462 e. The molecule has 17 heavy (non-hydrogen) atoms. The van der Waals surface area contributed by atoms with Gasteiger partial charge in [0, 0.05) is 46.4 Å². The third-order valence-electron chi connectivity index (χ3n) is 3.51. The van der Waals surface area contributed by atoms with Crippen LogP contribution in [0.4, 0.5) is 0 Å². The van der Waals surface area contributed by atoms with Crippen molar-refractivity contribution >= 4 is 0 Å². The van der Waals surface area contributed by atoms with E-state index in [2.05, 4.69) is 16.7 Å². The lowest BCUT2D eigenvalue weighted by atomic mass is 10.1. The first-order valence-electron chi connectivity index (χ1n) is 6.90. The van der Waals surface area contributed by atoms with Gasteiger partial charge in [0.1, 0.15) is 0 Å². The Labute approximate surface area is 106 Å². The number of methoxy groups -OCH3 is 1. The highest BCUT2D eigenvalue weighted by Crippen LogP contribution is 2.06. The fraction of sp³-hybridized carbons (Fsp3) is 1.00. The van der Waals surface area contributed by atoms with Crippen LogP contribution in [0.2, 0.25) is 0 Å². The monoisotopic (exact) mass is 243 g/mol. The summed E-state index contributed by atoms with van der Waals surface area (Å²) in [5, 5.41) is 0. The molecule has 0 saturated carbocycles. The van der Waals surface area contributed by atoms with Gasteiger partial charge in [-0.05, 0) is 31.8 Å². The standard InChI is InChI=1S/C13H29N3O/c1-13(11-14)12-16-8-6-15(7-9-16)5-3-4-10-17-2/h13H,3-12,14H2,1-2H3. The zero-order chi connectivity index (χ0) is 12.5. The second kappa shape index (κ2) is 8.86. The Kier molecular flexibility index (Phi) is 7.77. The zero-order valence-corrected chi connectivity index (χ0v) is 11.5. The third kappa shape index (κ3) is 6.36. The van der Waals surface area contributed by atoms with E-state index in [-0.39, 0.29) is 0 Å². The van der Waals surface area contributed by atoms with Crippen molar-refractivity contribution in [3.05, 3.63) is 0 Å². The molecule has 0 aromatic rings. The summed E-state index contributed by atoms with van der Waals surface area (Å²) in [6, 6.07) is 0. The van der Waals surface area contributed by atoms with Gasteiger partial charge in [0.15, 0.2) is 0 Å². The van der Waals surface area contributed by atoms with Gasteiger partial charge in [-0.3, -0.25) is 0 Å². The molecule has 0 aromatic carbocycles. The Morgan fingerprint density at radius 3 is 2.35 bits per heavy atom. The summed E-state index contributed by atoms with van der Waals surface area (Å²) in [5.41, 5.74) is 5.66. The maximum atomic E-state index is 5.66. The van der Waals surface area contributed by atoms with Crippen molar-refractivity contribution in [3.63, 3.8) is 0 Å². The minimum absolute atomic E-state index is 0.628. The number of piperazine rings is 1. The zero-order valence-electron chi connectivity index (χ0n) is 11.5. The molecule has 0 radical (unpaired) electrons. The summed E-state index contributed by atoms with van der Waals surface area (Å²) in [6.07, 6.45) is 2.44. The molecular weight excluding hydrogens is 214 g/mol. The Morgan fingerprint density at radius 2 is 1.76 bits per heavy atom. The minimum atomic E-state index is 0.628. The van der Waals surface area contributed by atoms with E-state index in [1.807, 2.05) is 0 Å².